The van der Waals surface area contributed by atoms with Crippen LogP contribution < -0.4 is 0 Å². The molecule has 0 fully saturated rings. The molecule has 0 atom stereocenters. The Morgan fingerprint density at radius 3 is 2.83 bits per heavy atom. The van der Waals surface area contributed by atoms with Crippen LogP contribution in [0.3, 0.4) is 0 Å². The topological polar surface area (TPSA) is 9.23 Å². The van der Waals surface area contributed by atoms with Gasteiger partial charge in [0, 0.05) is 6.61 Å². The molecule has 0 saturated heterocycles. The monoisotopic (exact) mass is 84.1 g/mol. The summed E-state index contributed by atoms with van der Waals surface area (Å²) in [5, 5.41) is 0. The SMILES string of the molecule is C=CBOCC. The van der Waals surface area contributed by atoms with Gasteiger partial charge in [-0.05, 0) is 6.92 Å². The first-order valence-corrected chi connectivity index (χ1v) is 2.10. The molecule has 0 bridgehead atoms. The highest BCUT2D eigenvalue weighted by atomic mass is 16.4. The van der Waals surface area contributed by atoms with E-state index in [1.165, 1.54) is 0 Å². The van der Waals surface area contributed by atoms with Crippen LogP contribution in [0.5, 0.6) is 0 Å². The first-order chi connectivity index (χ1) is 2.91. The zero-order valence-corrected chi connectivity index (χ0v) is 4.11. The molecule has 0 unspecified atom stereocenters. The van der Waals surface area contributed by atoms with E-state index in [1.807, 2.05) is 6.92 Å². The average molecular weight is 83.9 g/mol. The standard InChI is InChI=1S/C4H9BO/c1-3-5-6-4-2/h3,5H,1,4H2,2H3. The Labute approximate surface area is 39.3 Å². The highest BCUT2D eigenvalue weighted by Gasteiger charge is 1.73. The van der Waals surface area contributed by atoms with E-state index in [9.17, 15) is 0 Å². The number of rotatable bonds is 3. The molecule has 0 amide bonds. The van der Waals surface area contributed by atoms with Gasteiger partial charge in [-0.2, -0.15) is 0 Å². The summed E-state index contributed by atoms with van der Waals surface area (Å²) in [5.74, 6) is 1.74. The van der Waals surface area contributed by atoms with E-state index < -0.39 is 0 Å². The molecule has 0 rings (SSSR count). The molecule has 0 saturated carbocycles. The third kappa shape index (κ3) is 3.76. The van der Waals surface area contributed by atoms with E-state index in [4.69, 9.17) is 4.65 Å². The summed E-state index contributed by atoms with van der Waals surface area (Å²) in [6, 6.07) is 0. The van der Waals surface area contributed by atoms with Gasteiger partial charge in [-0.1, -0.05) is 5.98 Å². The lowest BCUT2D eigenvalue weighted by molar-refractivity contribution is 0.367. The van der Waals surface area contributed by atoms with Gasteiger partial charge in [-0.25, -0.2) is 0 Å². The Bertz CT molecular complexity index is 36.5. The average Bonchev–Trinajstić information content (AvgIpc) is 1.61. The predicted molar refractivity (Wildman–Crippen MR) is 29.0 cm³/mol. The van der Waals surface area contributed by atoms with Crippen molar-refractivity contribution in [1.82, 2.24) is 0 Å². The van der Waals surface area contributed by atoms with E-state index in [0.717, 1.165) is 6.61 Å². The minimum Gasteiger partial charge on any atom is -0.435 e. The molecule has 34 valence electrons. The quantitative estimate of drug-likeness (QED) is 0.357. The summed E-state index contributed by atoms with van der Waals surface area (Å²) in [4.78, 5) is 0. The molecule has 0 aromatic carbocycles. The fourth-order valence-electron chi connectivity index (χ4n) is 0.201. The molecular formula is C4H9BO. The van der Waals surface area contributed by atoms with Crippen molar-refractivity contribution in [3.63, 3.8) is 0 Å². The fourth-order valence-corrected chi connectivity index (χ4v) is 0.201. The Kier molecular flexibility index (Phi) is 4.58. The summed E-state index contributed by atoms with van der Waals surface area (Å²) in [7, 11) is 0.677. The lowest BCUT2D eigenvalue weighted by Gasteiger charge is -1.86. The maximum atomic E-state index is 4.86. The minimum absolute atomic E-state index is 0.677. The molecule has 0 spiro atoms. The van der Waals surface area contributed by atoms with Crippen molar-refractivity contribution < 1.29 is 4.65 Å². The molecule has 6 heavy (non-hydrogen) atoms. The van der Waals surface area contributed by atoms with Crippen LogP contribution in [-0.2, 0) is 4.65 Å². The van der Waals surface area contributed by atoms with Crippen LogP contribution in [-0.4, -0.2) is 14.1 Å². The molecule has 0 radical (unpaired) electrons. The van der Waals surface area contributed by atoms with Crippen molar-refractivity contribution in [3.8, 4) is 0 Å². The van der Waals surface area contributed by atoms with Crippen LogP contribution >= 0.6 is 0 Å². The molecule has 0 heterocycles. The second kappa shape index (κ2) is 4.76. The van der Waals surface area contributed by atoms with Crippen LogP contribution in [0.25, 0.3) is 0 Å². The van der Waals surface area contributed by atoms with Gasteiger partial charge in [-0.3, -0.25) is 0 Å². The minimum atomic E-state index is 0.677. The van der Waals surface area contributed by atoms with Crippen molar-refractivity contribution in [2.45, 2.75) is 6.92 Å². The second-order valence-electron chi connectivity index (χ2n) is 0.948. The molecule has 0 aromatic heterocycles. The molecule has 0 aromatic rings. The summed E-state index contributed by atoms with van der Waals surface area (Å²) >= 11 is 0. The van der Waals surface area contributed by atoms with Crippen LogP contribution in [0.15, 0.2) is 12.6 Å². The summed E-state index contributed by atoms with van der Waals surface area (Å²) in [6.45, 7) is 6.22. The Morgan fingerprint density at radius 1 is 2.00 bits per heavy atom. The lowest BCUT2D eigenvalue weighted by atomic mass is 10.0. The van der Waals surface area contributed by atoms with Gasteiger partial charge in [0.25, 0.3) is 0 Å². The second-order valence-corrected chi connectivity index (χ2v) is 0.948. The van der Waals surface area contributed by atoms with E-state index in [2.05, 4.69) is 6.58 Å². The zero-order chi connectivity index (χ0) is 4.83. The van der Waals surface area contributed by atoms with Crippen molar-refractivity contribution in [2.75, 3.05) is 6.61 Å². The van der Waals surface area contributed by atoms with Crippen LogP contribution in [0.2, 0.25) is 0 Å². The van der Waals surface area contributed by atoms with Crippen molar-refractivity contribution in [2.24, 2.45) is 0 Å². The van der Waals surface area contributed by atoms with Gasteiger partial charge in [-0.15, -0.1) is 6.58 Å². The van der Waals surface area contributed by atoms with E-state index in [0.29, 0.717) is 7.48 Å². The summed E-state index contributed by atoms with van der Waals surface area (Å²) in [5.41, 5.74) is 0. The number of hydrogen-bond acceptors (Lipinski definition) is 1. The Balaban J connectivity index is 2.49. The molecule has 1 nitrogen and oxygen atoms in total. The maximum Gasteiger partial charge on any atom is 0.300 e. The van der Waals surface area contributed by atoms with Gasteiger partial charge in [0.05, 0.1) is 0 Å². The van der Waals surface area contributed by atoms with Gasteiger partial charge in [0.1, 0.15) is 0 Å². The smallest absolute Gasteiger partial charge is 0.300 e. The normalized spacial score (nSPS) is 7.50. The molecule has 0 aliphatic heterocycles. The predicted octanol–water partition coefficient (Wildman–Crippen LogP) is 0.518. The molecular weight excluding hydrogens is 74.9 g/mol. The Hall–Kier alpha value is -0.235. The van der Waals surface area contributed by atoms with Gasteiger partial charge in [0.15, 0.2) is 0 Å². The fraction of sp³-hybridized carbons (Fsp3) is 0.500. The van der Waals surface area contributed by atoms with Crippen LogP contribution in [0, 0.1) is 0 Å². The van der Waals surface area contributed by atoms with E-state index >= 15 is 0 Å². The van der Waals surface area contributed by atoms with Crippen molar-refractivity contribution in [1.29, 1.82) is 0 Å². The third-order valence-corrected chi connectivity index (χ3v) is 0.440. The Morgan fingerprint density at radius 2 is 2.67 bits per heavy atom. The van der Waals surface area contributed by atoms with E-state index in [1.54, 1.807) is 5.98 Å². The summed E-state index contributed by atoms with van der Waals surface area (Å²) in [6.07, 6.45) is 0. The molecule has 2 heteroatoms. The van der Waals surface area contributed by atoms with Crippen molar-refractivity contribution in [3.05, 3.63) is 12.6 Å². The number of hydrogen-bond donors (Lipinski definition) is 0. The first kappa shape index (κ1) is 5.76. The summed E-state index contributed by atoms with van der Waals surface area (Å²) < 4.78 is 4.86. The molecule has 0 aliphatic carbocycles. The lowest BCUT2D eigenvalue weighted by Crippen LogP contribution is -1.91. The largest absolute Gasteiger partial charge is 0.435 e. The third-order valence-electron chi connectivity index (χ3n) is 0.440. The first-order valence-electron chi connectivity index (χ1n) is 2.10. The zero-order valence-electron chi connectivity index (χ0n) is 4.11. The van der Waals surface area contributed by atoms with Gasteiger partial charge in [0.2, 0.25) is 0 Å². The van der Waals surface area contributed by atoms with Gasteiger partial charge >= 0.3 is 7.48 Å². The van der Waals surface area contributed by atoms with Crippen molar-refractivity contribution >= 4 is 7.48 Å². The highest BCUT2D eigenvalue weighted by Crippen LogP contribution is 1.65. The van der Waals surface area contributed by atoms with Crippen LogP contribution in [0.1, 0.15) is 6.92 Å². The van der Waals surface area contributed by atoms with Crippen LogP contribution in [0.4, 0.5) is 0 Å². The highest BCUT2D eigenvalue weighted by molar-refractivity contribution is 6.33. The van der Waals surface area contributed by atoms with Gasteiger partial charge < -0.3 is 4.65 Å². The maximum absolute atomic E-state index is 4.86. The molecule has 0 aliphatic rings. The van der Waals surface area contributed by atoms with E-state index in [-0.39, 0.29) is 0 Å². The molecule has 0 N–H and O–H groups in total.